The molecular weight excluding hydrogens is 757 g/mol. The molecule has 0 fully saturated rings. The molecular formula is C46H76NO10P. The molecule has 0 aliphatic carbocycles. The van der Waals surface area contributed by atoms with Gasteiger partial charge in [0.05, 0.1) is 13.2 Å². The normalized spacial score (nSPS) is 14.6. The molecule has 330 valence electrons. The zero-order chi connectivity index (χ0) is 42.8. The van der Waals surface area contributed by atoms with Crippen molar-refractivity contribution < 1.29 is 47.5 Å². The summed E-state index contributed by atoms with van der Waals surface area (Å²) in [6.45, 7) is 2.64. The van der Waals surface area contributed by atoms with Crippen LogP contribution in [0, 0.1) is 0 Å². The standard InChI is InChI=1S/C46H76NO10P/c1-3-5-7-9-11-13-15-17-19-21-23-25-27-29-31-33-35-37-44(48)54-39-42(40-55-58(52,53)56-41-43(47)46(50)51)57-45(49)38-36-34-32-30-28-26-24-22-20-18-16-14-12-10-8-6-4-2/h12,14,17-20,23-26,29-32,42-43H,3-11,13,15-16,21-22,27-28,33-41,47H2,1-2H3,(H,50,51)(H,52,53)/b14-12-,19-17-,20-18-,25-23-,26-24-,31-29-,32-30-/t42-,43+/m1/s1. The van der Waals surface area contributed by atoms with Crippen LogP contribution in [0.5, 0.6) is 0 Å². The molecule has 0 heterocycles. The number of unbranched alkanes of at least 4 members (excludes halogenated alkanes) is 11. The van der Waals surface area contributed by atoms with Crippen LogP contribution < -0.4 is 5.73 Å². The van der Waals surface area contributed by atoms with E-state index in [1.807, 2.05) is 18.2 Å². The number of carbonyl (C=O) groups is 3. The van der Waals surface area contributed by atoms with Crippen molar-refractivity contribution in [3.05, 3.63) is 85.1 Å². The van der Waals surface area contributed by atoms with E-state index in [0.717, 1.165) is 44.9 Å². The van der Waals surface area contributed by atoms with Crippen LogP contribution in [-0.4, -0.2) is 59.9 Å². The maximum absolute atomic E-state index is 12.6. The van der Waals surface area contributed by atoms with Gasteiger partial charge in [-0.2, -0.15) is 0 Å². The van der Waals surface area contributed by atoms with Gasteiger partial charge in [0.25, 0.3) is 0 Å². The summed E-state index contributed by atoms with van der Waals surface area (Å²) in [7, 11) is -4.75. The average molecular weight is 834 g/mol. The first-order valence-corrected chi connectivity index (χ1v) is 23.1. The first-order chi connectivity index (χ1) is 28.1. The van der Waals surface area contributed by atoms with Gasteiger partial charge in [-0.3, -0.25) is 23.4 Å². The number of phosphoric acid groups is 1. The highest BCUT2D eigenvalue weighted by Crippen LogP contribution is 2.43. The summed E-state index contributed by atoms with van der Waals surface area (Å²) in [4.78, 5) is 45.9. The van der Waals surface area contributed by atoms with Crippen LogP contribution in [-0.2, 0) is 37.5 Å². The molecule has 0 radical (unpaired) electrons. The number of carboxylic acid groups (broad SMARTS) is 1. The van der Waals surface area contributed by atoms with Crippen molar-refractivity contribution >= 4 is 25.7 Å². The van der Waals surface area contributed by atoms with E-state index in [4.69, 9.17) is 24.8 Å². The quantitative estimate of drug-likeness (QED) is 0.0233. The second-order valence-corrected chi connectivity index (χ2v) is 15.6. The summed E-state index contributed by atoms with van der Waals surface area (Å²) in [5.41, 5.74) is 5.32. The number of allylic oxidation sites excluding steroid dienone is 14. The molecule has 1 unspecified atom stereocenters. The van der Waals surface area contributed by atoms with Crippen molar-refractivity contribution in [1.82, 2.24) is 0 Å². The monoisotopic (exact) mass is 834 g/mol. The van der Waals surface area contributed by atoms with Crippen molar-refractivity contribution in [2.24, 2.45) is 5.73 Å². The highest BCUT2D eigenvalue weighted by molar-refractivity contribution is 7.47. The van der Waals surface area contributed by atoms with Gasteiger partial charge in [0.1, 0.15) is 12.6 Å². The number of ether oxygens (including phenoxy) is 2. The topological polar surface area (TPSA) is 172 Å². The maximum atomic E-state index is 12.6. The number of nitrogens with two attached hydrogens (primary N) is 1. The molecule has 0 aromatic rings. The minimum absolute atomic E-state index is 0.0701. The number of aliphatic carboxylic acids is 1. The van der Waals surface area contributed by atoms with Gasteiger partial charge in [-0.15, -0.1) is 0 Å². The van der Waals surface area contributed by atoms with Crippen LogP contribution in [0.2, 0.25) is 0 Å². The van der Waals surface area contributed by atoms with Gasteiger partial charge in [-0.05, 0) is 83.5 Å². The van der Waals surface area contributed by atoms with Gasteiger partial charge in [-0.1, -0.05) is 144 Å². The smallest absolute Gasteiger partial charge is 0.472 e. The number of hydrogen-bond acceptors (Lipinski definition) is 9. The van der Waals surface area contributed by atoms with E-state index in [9.17, 15) is 23.8 Å². The molecule has 0 saturated heterocycles. The fourth-order valence-corrected chi connectivity index (χ4v) is 5.97. The molecule has 0 aliphatic rings. The number of phosphoric ester groups is 1. The Morgan fingerprint density at radius 1 is 0.534 bits per heavy atom. The van der Waals surface area contributed by atoms with Gasteiger partial charge < -0.3 is 25.2 Å². The lowest BCUT2D eigenvalue weighted by atomic mass is 10.1. The Hall–Kier alpha value is -3.34. The molecule has 0 amide bonds. The lowest BCUT2D eigenvalue weighted by molar-refractivity contribution is -0.161. The molecule has 0 rings (SSSR count). The van der Waals surface area contributed by atoms with Gasteiger partial charge in [0.2, 0.25) is 0 Å². The fourth-order valence-electron chi connectivity index (χ4n) is 5.19. The molecule has 0 spiro atoms. The van der Waals surface area contributed by atoms with E-state index >= 15 is 0 Å². The molecule has 12 heteroatoms. The Kier molecular flexibility index (Phi) is 38.1. The molecule has 0 saturated carbocycles. The SMILES string of the molecule is CCCCC/C=C\C/C=C\C/C=C\C/C=C\CCCC(=O)O[C@H](COC(=O)CCC/C=C\C/C=C\C/C=C\CCCCCCCC)COP(=O)(O)OC[C@H](N)C(=O)O. The summed E-state index contributed by atoms with van der Waals surface area (Å²) in [6, 6.07) is -1.54. The Morgan fingerprint density at radius 3 is 1.40 bits per heavy atom. The summed E-state index contributed by atoms with van der Waals surface area (Å²) >= 11 is 0. The van der Waals surface area contributed by atoms with Crippen molar-refractivity contribution in [1.29, 1.82) is 0 Å². The van der Waals surface area contributed by atoms with Crippen LogP contribution >= 0.6 is 7.82 Å². The van der Waals surface area contributed by atoms with E-state index in [1.165, 1.54) is 57.8 Å². The van der Waals surface area contributed by atoms with Gasteiger partial charge in [0.15, 0.2) is 6.10 Å². The first kappa shape index (κ1) is 54.7. The predicted octanol–water partition coefficient (Wildman–Crippen LogP) is 11.5. The van der Waals surface area contributed by atoms with Crippen LogP contribution in [0.4, 0.5) is 0 Å². The summed E-state index contributed by atoms with van der Waals surface area (Å²) in [5.74, 6) is -2.53. The highest BCUT2D eigenvalue weighted by atomic mass is 31.2. The van der Waals surface area contributed by atoms with E-state index in [0.29, 0.717) is 25.7 Å². The molecule has 11 nitrogen and oxygen atoms in total. The average Bonchev–Trinajstić information content (AvgIpc) is 3.20. The molecule has 0 bridgehead atoms. The summed E-state index contributed by atoms with van der Waals surface area (Å²) in [5, 5.41) is 8.88. The van der Waals surface area contributed by atoms with Crippen molar-refractivity contribution in [3.8, 4) is 0 Å². The van der Waals surface area contributed by atoms with Gasteiger partial charge >= 0.3 is 25.7 Å². The van der Waals surface area contributed by atoms with Gasteiger partial charge in [0, 0.05) is 12.8 Å². The second kappa shape index (κ2) is 40.4. The molecule has 0 aromatic carbocycles. The third kappa shape index (κ3) is 39.5. The molecule has 0 aliphatic heterocycles. The van der Waals surface area contributed by atoms with Crippen molar-refractivity contribution in [2.45, 2.75) is 167 Å². The molecule has 3 atom stereocenters. The summed E-state index contributed by atoms with van der Waals surface area (Å²) in [6.07, 6.45) is 49.5. The van der Waals surface area contributed by atoms with E-state index in [1.54, 1.807) is 0 Å². The number of hydrogen-bond donors (Lipinski definition) is 3. The molecule has 0 aromatic heterocycles. The Balaban J connectivity index is 4.57. The lowest BCUT2D eigenvalue weighted by Crippen LogP contribution is -2.34. The highest BCUT2D eigenvalue weighted by Gasteiger charge is 2.28. The minimum Gasteiger partial charge on any atom is -0.480 e. The Labute approximate surface area is 350 Å². The Morgan fingerprint density at radius 2 is 0.914 bits per heavy atom. The predicted molar refractivity (Wildman–Crippen MR) is 235 cm³/mol. The van der Waals surface area contributed by atoms with Crippen LogP contribution in [0.15, 0.2) is 85.1 Å². The van der Waals surface area contributed by atoms with E-state index < -0.39 is 57.7 Å². The third-order valence-electron chi connectivity index (χ3n) is 8.62. The third-order valence-corrected chi connectivity index (χ3v) is 9.57. The lowest BCUT2D eigenvalue weighted by Gasteiger charge is -2.20. The Bertz CT molecular complexity index is 1300. The van der Waals surface area contributed by atoms with E-state index in [-0.39, 0.29) is 12.8 Å². The minimum atomic E-state index is -4.75. The number of carbonyl (C=O) groups excluding carboxylic acids is 2. The largest absolute Gasteiger partial charge is 0.480 e. The molecule has 4 N–H and O–H groups in total. The van der Waals surface area contributed by atoms with Crippen LogP contribution in [0.25, 0.3) is 0 Å². The maximum Gasteiger partial charge on any atom is 0.472 e. The summed E-state index contributed by atoms with van der Waals surface area (Å²) < 4.78 is 32.6. The van der Waals surface area contributed by atoms with Crippen LogP contribution in [0.3, 0.4) is 0 Å². The van der Waals surface area contributed by atoms with Crippen molar-refractivity contribution in [2.75, 3.05) is 19.8 Å². The van der Waals surface area contributed by atoms with Crippen molar-refractivity contribution in [3.63, 3.8) is 0 Å². The number of rotatable bonds is 39. The number of esters is 2. The molecule has 58 heavy (non-hydrogen) atoms. The van der Waals surface area contributed by atoms with E-state index in [2.05, 4.69) is 85.2 Å². The zero-order valence-corrected chi connectivity index (χ0v) is 36.5. The van der Waals surface area contributed by atoms with Gasteiger partial charge in [-0.25, -0.2) is 4.57 Å². The number of carboxylic acids is 1. The fraction of sp³-hybridized carbons (Fsp3) is 0.630. The second-order valence-electron chi connectivity index (χ2n) is 14.1. The van der Waals surface area contributed by atoms with Crippen LogP contribution in [0.1, 0.15) is 155 Å². The zero-order valence-electron chi connectivity index (χ0n) is 35.6. The first-order valence-electron chi connectivity index (χ1n) is 21.6.